The zero-order valence-electron chi connectivity index (χ0n) is 17.8. The number of nitriles is 1. The first-order valence-electron chi connectivity index (χ1n) is 10.9. The fourth-order valence-corrected chi connectivity index (χ4v) is 6.01. The van der Waals surface area contributed by atoms with Crippen LogP contribution >= 0.6 is 0 Å². The number of carbonyl (C=O) groups excluding carboxylic acids is 1. The first-order chi connectivity index (χ1) is 15.4. The van der Waals surface area contributed by atoms with Crippen LogP contribution < -0.4 is 0 Å². The van der Waals surface area contributed by atoms with Crippen LogP contribution in [0.1, 0.15) is 48.4 Å². The molecular weight excluding hydrogens is 405 g/mol. The van der Waals surface area contributed by atoms with E-state index in [1.165, 1.54) is 11.1 Å². The van der Waals surface area contributed by atoms with Crippen LogP contribution in [0.3, 0.4) is 0 Å². The van der Waals surface area contributed by atoms with Gasteiger partial charge in [-0.1, -0.05) is 12.1 Å². The molecule has 3 aromatic rings. The van der Waals surface area contributed by atoms with Crippen LogP contribution in [0.4, 0.5) is 4.39 Å². The standard InChI is InChI=1S/C25H22FN5O/c1-16-2-4-19(20(26)8-16)22-6-7-28-31(22)23(32)25-12-24(13-25,14-25)15-30-21-5-3-17(10-27)9-18(21)11-29-30/h2-5,7-9,11,22H,6,12-15H2,1H3. The van der Waals surface area contributed by atoms with Gasteiger partial charge >= 0.3 is 0 Å². The van der Waals surface area contributed by atoms with Gasteiger partial charge in [0.1, 0.15) is 5.82 Å². The Labute approximate surface area is 184 Å². The number of hydrazone groups is 1. The molecule has 1 unspecified atom stereocenters. The van der Waals surface area contributed by atoms with Gasteiger partial charge in [-0.3, -0.25) is 9.48 Å². The van der Waals surface area contributed by atoms with Crippen LogP contribution in [0.25, 0.3) is 10.9 Å². The van der Waals surface area contributed by atoms with Gasteiger partial charge in [-0.25, -0.2) is 9.40 Å². The van der Waals surface area contributed by atoms with E-state index in [0.29, 0.717) is 17.5 Å². The fourth-order valence-electron chi connectivity index (χ4n) is 6.01. The number of fused-ring (bicyclic) bond motifs is 1. The molecule has 2 bridgehead atoms. The van der Waals surface area contributed by atoms with E-state index in [9.17, 15) is 9.18 Å². The molecule has 32 heavy (non-hydrogen) atoms. The molecule has 7 heteroatoms. The number of aromatic nitrogens is 2. The van der Waals surface area contributed by atoms with Crippen molar-refractivity contribution in [1.29, 1.82) is 5.26 Å². The second kappa shape index (κ2) is 6.49. The molecule has 3 aliphatic carbocycles. The molecule has 160 valence electrons. The molecule has 1 aromatic heterocycles. The molecule has 3 fully saturated rings. The van der Waals surface area contributed by atoms with Crippen molar-refractivity contribution < 1.29 is 9.18 Å². The number of hydrogen-bond acceptors (Lipinski definition) is 4. The van der Waals surface area contributed by atoms with Gasteiger partial charge in [0.05, 0.1) is 34.8 Å². The maximum atomic E-state index is 14.6. The highest BCUT2D eigenvalue weighted by atomic mass is 19.1. The van der Waals surface area contributed by atoms with Crippen LogP contribution in [0.15, 0.2) is 47.7 Å². The fraction of sp³-hybridized carbons (Fsp3) is 0.360. The minimum atomic E-state index is -0.377. The number of halogens is 1. The predicted octanol–water partition coefficient (Wildman–Crippen LogP) is 4.49. The largest absolute Gasteiger partial charge is 0.272 e. The van der Waals surface area contributed by atoms with Crippen LogP contribution in [0.2, 0.25) is 0 Å². The van der Waals surface area contributed by atoms with E-state index in [-0.39, 0.29) is 28.6 Å². The Balaban J connectivity index is 1.17. The Bertz CT molecular complexity index is 1330. The molecule has 2 heterocycles. The molecule has 4 aliphatic rings. The quantitative estimate of drug-likeness (QED) is 0.616. The number of aryl methyl sites for hydroxylation is 1. The van der Waals surface area contributed by atoms with Crippen LogP contribution in [0, 0.1) is 34.9 Å². The Morgan fingerprint density at radius 3 is 2.81 bits per heavy atom. The van der Waals surface area contributed by atoms with Gasteiger partial charge < -0.3 is 0 Å². The van der Waals surface area contributed by atoms with E-state index in [1.54, 1.807) is 18.5 Å². The lowest BCUT2D eigenvalue weighted by molar-refractivity contribution is -0.223. The van der Waals surface area contributed by atoms with E-state index in [2.05, 4.69) is 16.3 Å². The summed E-state index contributed by atoms with van der Waals surface area (Å²) in [5.41, 5.74) is 2.72. The number of hydrogen-bond donors (Lipinski definition) is 0. The van der Waals surface area contributed by atoms with Gasteiger partial charge in [-0.15, -0.1) is 0 Å². The van der Waals surface area contributed by atoms with Crippen molar-refractivity contribution in [2.24, 2.45) is 15.9 Å². The molecule has 0 radical (unpaired) electrons. The average molecular weight is 427 g/mol. The lowest BCUT2D eigenvalue weighted by Gasteiger charge is -2.69. The number of rotatable bonds is 4. The smallest absolute Gasteiger partial charge is 0.249 e. The zero-order valence-corrected chi connectivity index (χ0v) is 17.8. The Hall–Kier alpha value is -3.53. The summed E-state index contributed by atoms with van der Waals surface area (Å²) in [5, 5.41) is 20.4. The second-order valence-corrected chi connectivity index (χ2v) is 9.72. The molecule has 0 saturated heterocycles. The van der Waals surface area contributed by atoms with E-state index in [0.717, 1.165) is 42.3 Å². The first-order valence-corrected chi connectivity index (χ1v) is 10.9. The van der Waals surface area contributed by atoms with Crippen LogP contribution in [0.5, 0.6) is 0 Å². The minimum Gasteiger partial charge on any atom is -0.272 e. The molecule has 3 saturated carbocycles. The monoisotopic (exact) mass is 427 g/mol. The molecule has 0 spiro atoms. The number of benzene rings is 2. The van der Waals surface area contributed by atoms with Gasteiger partial charge in [0.2, 0.25) is 5.91 Å². The summed E-state index contributed by atoms with van der Waals surface area (Å²) in [6, 6.07) is 12.6. The molecular formula is C25H22FN5O. The maximum Gasteiger partial charge on any atom is 0.249 e. The third-order valence-electron chi connectivity index (χ3n) is 7.40. The van der Waals surface area contributed by atoms with Crippen molar-refractivity contribution in [2.75, 3.05) is 0 Å². The number of amides is 1. The van der Waals surface area contributed by atoms with Crippen molar-refractivity contribution in [3.63, 3.8) is 0 Å². The molecule has 7 rings (SSSR count). The summed E-state index contributed by atoms with van der Waals surface area (Å²) < 4.78 is 16.6. The molecule has 6 nitrogen and oxygen atoms in total. The average Bonchev–Trinajstić information content (AvgIpc) is 3.36. The highest BCUT2D eigenvalue weighted by Gasteiger charge is 2.72. The van der Waals surface area contributed by atoms with Crippen molar-refractivity contribution in [1.82, 2.24) is 14.8 Å². The van der Waals surface area contributed by atoms with Gasteiger partial charge in [0, 0.05) is 30.1 Å². The molecule has 2 aromatic carbocycles. The van der Waals surface area contributed by atoms with E-state index in [4.69, 9.17) is 5.26 Å². The number of nitrogens with zero attached hydrogens (tertiary/aromatic N) is 5. The van der Waals surface area contributed by atoms with Crippen molar-refractivity contribution in [3.8, 4) is 6.07 Å². The third-order valence-corrected chi connectivity index (χ3v) is 7.40. The summed E-state index contributed by atoms with van der Waals surface area (Å²) in [5.74, 6) is -0.264. The van der Waals surface area contributed by atoms with Gasteiger partial charge in [-0.05, 0) is 61.4 Å². The van der Waals surface area contributed by atoms with Crippen LogP contribution in [-0.2, 0) is 11.3 Å². The summed E-state index contributed by atoms with van der Waals surface area (Å²) in [6.07, 6.45) is 6.48. The SMILES string of the molecule is Cc1ccc(C2CC=NN2C(=O)C23CC(Cn4ncc5cc(C#N)ccc54)(C2)C3)c(F)c1. The van der Waals surface area contributed by atoms with Crippen molar-refractivity contribution in [2.45, 2.75) is 45.2 Å². The van der Waals surface area contributed by atoms with E-state index >= 15 is 0 Å². The molecule has 0 N–H and O–H groups in total. The molecule has 1 aliphatic heterocycles. The lowest BCUT2D eigenvalue weighted by atomic mass is 9.34. The predicted molar refractivity (Wildman–Crippen MR) is 117 cm³/mol. The Kier molecular flexibility index (Phi) is 3.89. The first kappa shape index (κ1) is 19.2. The minimum absolute atomic E-state index is 0.0158. The molecule has 1 amide bonds. The lowest BCUT2D eigenvalue weighted by Crippen LogP contribution is -2.68. The van der Waals surface area contributed by atoms with Crippen molar-refractivity contribution in [3.05, 3.63) is 65.1 Å². The zero-order chi connectivity index (χ0) is 22.1. The molecule has 1 atom stereocenters. The maximum absolute atomic E-state index is 14.6. The van der Waals surface area contributed by atoms with E-state index < -0.39 is 0 Å². The topological polar surface area (TPSA) is 74.3 Å². The van der Waals surface area contributed by atoms with Gasteiger partial charge in [0.15, 0.2) is 0 Å². The van der Waals surface area contributed by atoms with E-state index in [1.807, 2.05) is 35.9 Å². The summed E-state index contributed by atoms with van der Waals surface area (Å²) in [6.45, 7) is 2.62. The number of carbonyl (C=O) groups is 1. The summed E-state index contributed by atoms with van der Waals surface area (Å²) >= 11 is 0. The Morgan fingerprint density at radius 2 is 2.06 bits per heavy atom. The second-order valence-electron chi connectivity index (χ2n) is 9.72. The highest BCUT2D eigenvalue weighted by molar-refractivity contribution is 5.88. The normalized spacial score (nSPS) is 27.8. The van der Waals surface area contributed by atoms with Gasteiger partial charge in [-0.2, -0.15) is 15.5 Å². The van der Waals surface area contributed by atoms with Gasteiger partial charge in [0.25, 0.3) is 0 Å². The summed E-state index contributed by atoms with van der Waals surface area (Å²) in [7, 11) is 0. The van der Waals surface area contributed by atoms with Crippen molar-refractivity contribution >= 4 is 23.0 Å². The van der Waals surface area contributed by atoms with Crippen LogP contribution in [-0.4, -0.2) is 26.9 Å². The Morgan fingerprint density at radius 1 is 1.25 bits per heavy atom. The summed E-state index contributed by atoms with van der Waals surface area (Å²) in [4.78, 5) is 13.4. The third kappa shape index (κ3) is 2.65. The highest BCUT2D eigenvalue weighted by Crippen LogP contribution is 2.74.